The summed E-state index contributed by atoms with van der Waals surface area (Å²) in [5.74, 6) is -2.04. The maximum Gasteiger partial charge on any atom is 0.419 e. The van der Waals surface area contributed by atoms with Crippen molar-refractivity contribution in [2.24, 2.45) is 5.41 Å². The normalized spacial score (nSPS) is 12.5. The summed E-state index contributed by atoms with van der Waals surface area (Å²) >= 11 is 0. The molecule has 1 aromatic carbocycles. The molecule has 0 saturated heterocycles. The van der Waals surface area contributed by atoms with Crippen molar-refractivity contribution >= 4 is 5.97 Å². The number of rotatable bonds is 3. The molecule has 1 aromatic rings. The molecule has 2 N–H and O–H groups in total. The van der Waals surface area contributed by atoms with Crippen molar-refractivity contribution in [2.45, 2.75) is 26.4 Å². The van der Waals surface area contributed by atoms with Gasteiger partial charge < -0.3 is 10.2 Å². The second-order valence-corrected chi connectivity index (χ2v) is 4.68. The number of aromatic hydroxyl groups is 1. The van der Waals surface area contributed by atoms with Gasteiger partial charge in [0.2, 0.25) is 0 Å². The van der Waals surface area contributed by atoms with Crippen LogP contribution in [0.25, 0.3) is 0 Å². The number of phenols is 1. The largest absolute Gasteiger partial charge is 0.507 e. The minimum absolute atomic E-state index is 0.0303. The lowest BCUT2D eigenvalue weighted by Gasteiger charge is -2.20. The van der Waals surface area contributed by atoms with Gasteiger partial charge in [-0.15, -0.1) is 0 Å². The zero-order chi connectivity index (χ0) is 14.1. The highest BCUT2D eigenvalue weighted by Gasteiger charge is 2.36. The summed E-state index contributed by atoms with van der Waals surface area (Å²) in [6, 6.07) is 3.19. The van der Waals surface area contributed by atoms with Gasteiger partial charge in [0.15, 0.2) is 0 Å². The van der Waals surface area contributed by atoms with Crippen LogP contribution in [0.2, 0.25) is 0 Å². The third kappa shape index (κ3) is 2.94. The van der Waals surface area contributed by atoms with Gasteiger partial charge >= 0.3 is 12.1 Å². The van der Waals surface area contributed by atoms with Crippen LogP contribution in [0.1, 0.15) is 25.0 Å². The van der Waals surface area contributed by atoms with E-state index in [-0.39, 0.29) is 12.0 Å². The molecule has 6 heteroatoms. The Kier molecular flexibility index (Phi) is 3.59. The van der Waals surface area contributed by atoms with Gasteiger partial charge in [-0.2, -0.15) is 13.2 Å². The standard InChI is InChI=1S/C12H13F3O3/c1-11(2,10(17)18)6-7-4-3-5-8(9(7)16)12(13,14)15/h3-5,16H,6H2,1-2H3,(H,17,18). The number of phenolic OH excluding ortho intramolecular Hbond substituents is 1. The predicted octanol–water partition coefficient (Wildman–Crippen LogP) is 3.06. The average Bonchev–Trinajstić information content (AvgIpc) is 2.18. The lowest BCUT2D eigenvalue weighted by atomic mass is 9.85. The first-order valence-electron chi connectivity index (χ1n) is 5.17. The van der Waals surface area contributed by atoms with E-state index in [4.69, 9.17) is 5.11 Å². The first-order chi connectivity index (χ1) is 8.05. The number of hydrogen-bond acceptors (Lipinski definition) is 2. The van der Waals surface area contributed by atoms with Crippen LogP contribution in [0.3, 0.4) is 0 Å². The van der Waals surface area contributed by atoms with Crippen molar-refractivity contribution in [1.82, 2.24) is 0 Å². The van der Waals surface area contributed by atoms with Crippen molar-refractivity contribution in [3.8, 4) is 5.75 Å². The molecular weight excluding hydrogens is 249 g/mol. The number of carboxylic acids is 1. The third-order valence-electron chi connectivity index (χ3n) is 2.64. The Balaban J connectivity index is 3.17. The number of benzene rings is 1. The van der Waals surface area contributed by atoms with Crippen LogP contribution in [-0.4, -0.2) is 16.2 Å². The lowest BCUT2D eigenvalue weighted by molar-refractivity contribution is -0.146. The number of halogens is 3. The molecule has 0 aliphatic carbocycles. The van der Waals surface area contributed by atoms with Crippen LogP contribution in [0.15, 0.2) is 18.2 Å². The van der Waals surface area contributed by atoms with Crippen LogP contribution < -0.4 is 0 Å². The van der Waals surface area contributed by atoms with Crippen molar-refractivity contribution in [1.29, 1.82) is 0 Å². The van der Waals surface area contributed by atoms with Crippen LogP contribution in [0, 0.1) is 5.41 Å². The maximum absolute atomic E-state index is 12.5. The summed E-state index contributed by atoms with van der Waals surface area (Å²) in [5.41, 5.74) is -2.43. The molecule has 100 valence electrons. The zero-order valence-electron chi connectivity index (χ0n) is 9.88. The van der Waals surface area contributed by atoms with Gasteiger partial charge in [-0.1, -0.05) is 12.1 Å². The van der Waals surface area contributed by atoms with Gasteiger partial charge in [0, 0.05) is 0 Å². The number of alkyl halides is 3. The molecule has 0 bridgehead atoms. The fourth-order valence-electron chi connectivity index (χ4n) is 1.51. The SMILES string of the molecule is CC(C)(Cc1cccc(C(F)(F)F)c1O)C(=O)O. The summed E-state index contributed by atoms with van der Waals surface area (Å²) in [6.07, 6.45) is -4.84. The second kappa shape index (κ2) is 4.51. The molecule has 0 aliphatic heterocycles. The molecule has 0 saturated carbocycles. The fourth-order valence-corrected chi connectivity index (χ4v) is 1.51. The monoisotopic (exact) mass is 262 g/mol. The van der Waals surface area contributed by atoms with Crippen LogP contribution in [0.5, 0.6) is 5.75 Å². The summed E-state index contributed by atoms with van der Waals surface area (Å²) in [6.45, 7) is 2.77. The van der Waals surface area contributed by atoms with Crippen LogP contribution >= 0.6 is 0 Å². The van der Waals surface area contributed by atoms with E-state index < -0.39 is 28.9 Å². The summed E-state index contributed by atoms with van der Waals surface area (Å²) in [5, 5.41) is 18.5. The Morgan fingerprint density at radius 2 is 1.83 bits per heavy atom. The van der Waals surface area contributed by atoms with Gasteiger partial charge in [-0.05, 0) is 31.9 Å². The minimum atomic E-state index is -4.66. The van der Waals surface area contributed by atoms with Gasteiger partial charge in [0.25, 0.3) is 0 Å². The zero-order valence-corrected chi connectivity index (χ0v) is 9.88. The van der Waals surface area contributed by atoms with E-state index >= 15 is 0 Å². The average molecular weight is 262 g/mol. The Morgan fingerprint density at radius 3 is 2.28 bits per heavy atom. The summed E-state index contributed by atoms with van der Waals surface area (Å²) in [4.78, 5) is 10.9. The first kappa shape index (κ1) is 14.3. The Morgan fingerprint density at radius 1 is 1.28 bits per heavy atom. The minimum Gasteiger partial charge on any atom is -0.507 e. The predicted molar refractivity (Wildman–Crippen MR) is 58.2 cm³/mol. The van der Waals surface area contributed by atoms with E-state index in [1.54, 1.807) is 0 Å². The van der Waals surface area contributed by atoms with Crippen molar-refractivity contribution in [3.05, 3.63) is 29.3 Å². The van der Waals surface area contributed by atoms with Crippen molar-refractivity contribution < 1.29 is 28.2 Å². The number of hydrogen-bond donors (Lipinski definition) is 2. The Hall–Kier alpha value is -1.72. The molecule has 0 unspecified atom stereocenters. The molecule has 0 radical (unpaired) electrons. The van der Waals surface area contributed by atoms with E-state index in [1.165, 1.54) is 19.9 Å². The van der Waals surface area contributed by atoms with E-state index in [2.05, 4.69) is 0 Å². The van der Waals surface area contributed by atoms with Crippen molar-refractivity contribution in [3.63, 3.8) is 0 Å². The Labute approximate surface area is 102 Å². The summed E-state index contributed by atoms with van der Waals surface area (Å²) in [7, 11) is 0. The molecule has 18 heavy (non-hydrogen) atoms. The fraction of sp³-hybridized carbons (Fsp3) is 0.417. The number of aliphatic carboxylic acids is 1. The van der Waals surface area contributed by atoms with E-state index in [0.29, 0.717) is 0 Å². The van der Waals surface area contributed by atoms with Crippen LogP contribution in [-0.2, 0) is 17.4 Å². The molecule has 0 spiro atoms. The number of para-hydroxylation sites is 1. The molecule has 0 aromatic heterocycles. The molecule has 3 nitrogen and oxygen atoms in total. The highest BCUT2D eigenvalue weighted by Crippen LogP contribution is 2.39. The second-order valence-electron chi connectivity index (χ2n) is 4.68. The smallest absolute Gasteiger partial charge is 0.419 e. The lowest BCUT2D eigenvalue weighted by Crippen LogP contribution is -2.26. The van der Waals surface area contributed by atoms with E-state index in [9.17, 15) is 23.1 Å². The van der Waals surface area contributed by atoms with Gasteiger partial charge in [-0.3, -0.25) is 4.79 Å². The third-order valence-corrected chi connectivity index (χ3v) is 2.64. The molecule has 0 fully saturated rings. The van der Waals surface area contributed by atoms with Crippen molar-refractivity contribution in [2.75, 3.05) is 0 Å². The van der Waals surface area contributed by atoms with E-state index in [1.807, 2.05) is 0 Å². The van der Waals surface area contributed by atoms with Gasteiger partial charge in [0.05, 0.1) is 11.0 Å². The van der Waals surface area contributed by atoms with E-state index in [0.717, 1.165) is 12.1 Å². The number of carboxylic acid groups (broad SMARTS) is 1. The highest BCUT2D eigenvalue weighted by atomic mass is 19.4. The molecule has 1 rings (SSSR count). The van der Waals surface area contributed by atoms with Crippen LogP contribution in [0.4, 0.5) is 13.2 Å². The number of carbonyl (C=O) groups is 1. The van der Waals surface area contributed by atoms with Gasteiger partial charge in [0.1, 0.15) is 5.75 Å². The molecule has 0 amide bonds. The highest BCUT2D eigenvalue weighted by molar-refractivity contribution is 5.74. The van der Waals surface area contributed by atoms with Gasteiger partial charge in [-0.25, -0.2) is 0 Å². The maximum atomic E-state index is 12.5. The molecular formula is C12H13F3O3. The molecule has 0 aliphatic rings. The first-order valence-corrected chi connectivity index (χ1v) is 5.17. The molecule has 0 atom stereocenters. The molecule has 0 heterocycles. The Bertz CT molecular complexity index is 464. The summed E-state index contributed by atoms with van der Waals surface area (Å²) < 4.78 is 37.6. The topological polar surface area (TPSA) is 57.5 Å². The quantitative estimate of drug-likeness (QED) is 0.880.